The molecular weight excluding hydrogens is 212 g/mol. The lowest BCUT2D eigenvalue weighted by Crippen LogP contribution is -2.29. The minimum absolute atomic E-state index is 0.206. The van der Waals surface area contributed by atoms with Gasteiger partial charge in [0.1, 0.15) is 12.2 Å². The van der Waals surface area contributed by atoms with E-state index < -0.39 is 18.5 Å². The molecule has 0 aliphatic carbocycles. The average Bonchev–Trinajstić information content (AvgIpc) is 2.52. The topological polar surface area (TPSA) is 57.2 Å². The molecule has 1 fully saturated rings. The van der Waals surface area contributed by atoms with Crippen molar-refractivity contribution in [3.05, 3.63) is 35.9 Å². The molecule has 5 heteroatoms. The quantitative estimate of drug-likeness (QED) is 0.616. The molecule has 1 aromatic rings. The molecule has 0 saturated carbocycles. The van der Waals surface area contributed by atoms with Crippen molar-refractivity contribution >= 4 is 0 Å². The van der Waals surface area contributed by atoms with Gasteiger partial charge in [0, 0.05) is 5.56 Å². The van der Waals surface area contributed by atoms with E-state index in [4.69, 9.17) is 19.8 Å². The highest BCUT2D eigenvalue weighted by Crippen LogP contribution is 2.24. The highest BCUT2D eigenvalue weighted by atomic mass is 17.2. The first-order chi connectivity index (χ1) is 7.81. The molecule has 0 amide bonds. The van der Waals surface area contributed by atoms with Gasteiger partial charge in [-0.1, -0.05) is 30.3 Å². The first-order valence-electron chi connectivity index (χ1n) is 5.10. The lowest BCUT2D eigenvalue weighted by molar-refractivity contribution is -0.395. The molecular formula is C11H14O5. The SMILES string of the molecule is CC1OOC(c2ccccc2)OCC1OO. The van der Waals surface area contributed by atoms with Crippen molar-refractivity contribution in [2.75, 3.05) is 6.61 Å². The number of hydrogen-bond acceptors (Lipinski definition) is 5. The van der Waals surface area contributed by atoms with Crippen LogP contribution in [0.3, 0.4) is 0 Å². The molecule has 88 valence electrons. The van der Waals surface area contributed by atoms with Crippen molar-refractivity contribution in [2.24, 2.45) is 0 Å². The molecule has 5 nitrogen and oxygen atoms in total. The van der Waals surface area contributed by atoms with Gasteiger partial charge < -0.3 is 4.74 Å². The van der Waals surface area contributed by atoms with E-state index in [2.05, 4.69) is 4.89 Å². The molecule has 1 saturated heterocycles. The van der Waals surface area contributed by atoms with Crippen molar-refractivity contribution in [3.63, 3.8) is 0 Å². The van der Waals surface area contributed by atoms with Crippen LogP contribution in [-0.2, 0) is 19.4 Å². The van der Waals surface area contributed by atoms with Gasteiger partial charge in [-0.15, -0.1) is 0 Å². The summed E-state index contributed by atoms with van der Waals surface area (Å²) in [5, 5.41) is 8.63. The van der Waals surface area contributed by atoms with Gasteiger partial charge in [-0.3, -0.25) is 5.26 Å². The highest BCUT2D eigenvalue weighted by molar-refractivity contribution is 5.15. The zero-order valence-electron chi connectivity index (χ0n) is 8.91. The van der Waals surface area contributed by atoms with Crippen LogP contribution in [0.4, 0.5) is 0 Å². The largest absolute Gasteiger partial charge is 0.343 e. The summed E-state index contributed by atoms with van der Waals surface area (Å²) in [6.07, 6.45) is -1.53. The summed E-state index contributed by atoms with van der Waals surface area (Å²) in [7, 11) is 0. The van der Waals surface area contributed by atoms with E-state index >= 15 is 0 Å². The standard InChI is InChI=1S/C11H14O5/c1-8-10(14-12)7-13-11(16-15-8)9-5-3-2-4-6-9/h2-6,8,10-12H,7H2,1H3. The molecule has 0 bridgehead atoms. The fraction of sp³-hybridized carbons (Fsp3) is 0.455. The van der Waals surface area contributed by atoms with Gasteiger partial charge in [0.05, 0.1) is 6.61 Å². The molecule has 0 aromatic heterocycles. The van der Waals surface area contributed by atoms with Crippen LogP contribution in [0.2, 0.25) is 0 Å². The Morgan fingerprint density at radius 2 is 2.00 bits per heavy atom. The fourth-order valence-corrected chi connectivity index (χ4v) is 1.42. The molecule has 1 aromatic carbocycles. The molecule has 0 spiro atoms. The molecule has 1 aliphatic rings. The molecule has 1 aliphatic heterocycles. The molecule has 2 rings (SSSR count). The molecule has 3 unspecified atom stereocenters. The number of benzene rings is 1. The van der Waals surface area contributed by atoms with Gasteiger partial charge in [-0.25, -0.2) is 9.78 Å². The van der Waals surface area contributed by atoms with Crippen molar-refractivity contribution in [3.8, 4) is 0 Å². The second-order valence-corrected chi connectivity index (χ2v) is 3.62. The Morgan fingerprint density at radius 3 is 2.69 bits per heavy atom. The second kappa shape index (κ2) is 5.38. The van der Waals surface area contributed by atoms with Crippen LogP contribution in [0, 0.1) is 0 Å². The lowest BCUT2D eigenvalue weighted by Gasteiger charge is -2.13. The summed E-state index contributed by atoms with van der Waals surface area (Å²) in [6, 6.07) is 9.42. The summed E-state index contributed by atoms with van der Waals surface area (Å²) in [5.41, 5.74) is 0.855. The number of hydrogen-bond donors (Lipinski definition) is 1. The normalized spacial score (nSPS) is 31.0. The Balaban J connectivity index is 2.04. The third-order valence-electron chi connectivity index (χ3n) is 2.44. The van der Waals surface area contributed by atoms with Gasteiger partial charge in [0.25, 0.3) is 0 Å². The lowest BCUT2D eigenvalue weighted by atomic mass is 10.2. The van der Waals surface area contributed by atoms with Crippen LogP contribution in [0.15, 0.2) is 30.3 Å². The molecule has 3 atom stereocenters. The summed E-state index contributed by atoms with van der Waals surface area (Å²) >= 11 is 0. The first kappa shape index (κ1) is 11.5. The van der Waals surface area contributed by atoms with Crippen molar-refractivity contribution in [1.29, 1.82) is 0 Å². The van der Waals surface area contributed by atoms with E-state index in [0.717, 1.165) is 5.56 Å². The zero-order chi connectivity index (χ0) is 11.4. The Hall–Kier alpha value is -0.980. The second-order valence-electron chi connectivity index (χ2n) is 3.62. The van der Waals surface area contributed by atoms with E-state index in [1.165, 1.54) is 0 Å². The van der Waals surface area contributed by atoms with Gasteiger partial charge in [-0.05, 0) is 6.92 Å². The van der Waals surface area contributed by atoms with Crippen LogP contribution in [0.5, 0.6) is 0 Å². The van der Waals surface area contributed by atoms with Crippen LogP contribution >= 0.6 is 0 Å². The fourth-order valence-electron chi connectivity index (χ4n) is 1.42. The molecule has 1 N–H and O–H groups in total. The summed E-state index contributed by atoms with van der Waals surface area (Å²) < 4.78 is 5.43. The predicted octanol–water partition coefficient (Wildman–Crippen LogP) is 1.91. The van der Waals surface area contributed by atoms with E-state index in [1.807, 2.05) is 30.3 Å². The first-order valence-corrected chi connectivity index (χ1v) is 5.10. The zero-order valence-corrected chi connectivity index (χ0v) is 8.91. The average molecular weight is 226 g/mol. The minimum atomic E-state index is -0.594. The van der Waals surface area contributed by atoms with E-state index in [9.17, 15) is 0 Å². The third-order valence-corrected chi connectivity index (χ3v) is 2.44. The number of ether oxygens (including phenoxy) is 1. The summed E-state index contributed by atoms with van der Waals surface area (Å²) in [5.74, 6) is 0. The maximum atomic E-state index is 8.63. The Morgan fingerprint density at radius 1 is 1.25 bits per heavy atom. The third kappa shape index (κ3) is 2.58. The van der Waals surface area contributed by atoms with Crippen LogP contribution in [-0.4, -0.2) is 24.1 Å². The van der Waals surface area contributed by atoms with E-state index in [1.54, 1.807) is 6.92 Å². The molecule has 16 heavy (non-hydrogen) atoms. The predicted molar refractivity (Wildman–Crippen MR) is 54.3 cm³/mol. The summed E-state index contributed by atoms with van der Waals surface area (Å²) in [4.78, 5) is 14.4. The minimum Gasteiger partial charge on any atom is -0.343 e. The maximum Gasteiger partial charge on any atom is 0.217 e. The van der Waals surface area contributed by atoms with Gasteiger partial charge in [0.15, 0.2) is 0 Å². The maximum absolute atomic E-state index is 8.63. The number of rotatable bonds is 2. The van der Waals surface area contributed by atoms with Crippen molar-refractivity contribution in [1.82, 2.24) is 0 Å². The van der Waals surface area contributed by atoms with Crippen LogP contribution in [0.25, 0.3) is 0 Å². The van der Waals surface area contributed by atoms with Crippen molar-refractivity contribution < 1.29 is 24.7 Å². The Bertz CT molecular complexity index is 315. The molecule has 1 heterocycles. The highest BCUT2D eigenvalue weighted by Gasteiger charge is 2.28. The van der Waals surface area contributed by atoms with Crippen LogP contribution < -0.4 is 0 Å². The van der Waals surface area contributed by atoms with E-state index in [-0.39, 0.29) is 6.61 Å². The van der Waals surface area contributed by atoms with Crippen LogP contribution in [0.1, 0.15) is 18.8 Å². The van der Waals surface area contributed by atoms with Gasteiger partial charge >= 0.3 is 0 Å². The monoisotopic (exact) mass is 226 g/mol. The molecule has 0 radical (unpaired) electrons. The Labute approximate surface area is 93.4 Å². The Kier molecular flexibility index (Phi) is 3.87. The van der Waals surface area contributed by atoms with Gasteiger partial charge in [0.2, 0.25) is 6.29 Å². The van der Waals surface area contributed by atoms with Crippen molar-refractivity contribution in [2.45, 2.75) is 25.4 Å². The summed E-state index contributed by atoms with van der Waals surface area (Å²) in [6.45, 7) is 1.94. The van der Waals surface area contributed by atoms with Gasteiger partial charge in [-0.2, -0.15) is 4.89 Å². The smallest absolute Gasteiger partial charge is 0.217 e. The van der Waals surface area contributed by atoms with E-state index in [0.29, 0.717) is 0 Å².